The minimum absolute atomic E-state index is 0.0181. The molecule has 1 aliphatic carbocycles. The van der Waals surface area contributed by atoms with E-state index in [0.29, 0.717) is 19.5 Å². The maximum absolute atomic E-state index is 12.7. The van der Waals surface area contributed by atoms with Gasteiger partial charge in [0.2, 0.25) is 11.8 Å². The second kappa shape index (κ2) is 7.50. The van der Waals surface area contributed by atoms with Gasteiger partial charge in [-0.3, -0.25) is 19.4 Å². The lowest BCUT2D eigenvalue weighted by atomic mass is 9.76. The molecule has 27 heavy (non-hydrogen) atoms. The Morgan fingerprint density at radius 3 is 2.30 bits per heavy atom. The molecule has 1 saturated carbocycles. The molecule has 0 atom stereocenters. The van der Waals surface area contributed by atoms with Crippen molar-refractivity contribution in [3.05, 3.63) is 24.3 Å². The maximum Gasteiger partial charge on any atom is 0.230 e. The third kappa shape index (κ3) is 3.81. The number of amides is 2. The Morgan fingerprint density at radius 2 is 1.67 bits per heavy atom. The molecular formula is C21H29N3O3. The summed E-state index contributed by atoms with van der Waals surface area (Å²) >= 11 is 0. The maximum atomic E-state index is 12.7. The van der Waals surface area contributed by atoms with Crippen LogP contribution in [0.25, 0.3) is 0 Å². The molecule has 2 saturated heterocycles. The van der Waals surface area contributed by atoms with Crippen LogP contribution in [-0.4, -0.2) is 61.6 Å². The number of carbonyl (C=O) groups excluding carboxylic acids is 2. The first-order valence-corrected chi connectivity index (χ1v) is 10.0. The molecule has 3 aliphatic rings. The number of likely N-dealkylation sites (tertiary alicyclic amines) is 1. The third-order valence-corrected chi connectivity index (χ3v) is 6.45. The molecule has 2 amide bonds. The molecule has 146 valence electrons. The second-order valence-corrected chi connectivity index (χ2v) is 8.22. The molecule has 0 radical (unpaired) electrons. The number of benzene rings is 1. The summed E-state index contributed by atoms with van der Waals surface area (Å²) in [6.07, 6.45) is 5.51. The van der Waals surface area contributed by atoms with Crippen molar-refractivity contribution in [1.29, 1.82) is 0 Å². The molecule has 4 rings (SSSR count). The van der Waals surface area contributed by atoms with E-state index in [2.05, 4.69) is 15.9 Å². The van der Waals surface area contributed by atoms with Crippen molar-refractivity contribution in [3.8, 4) is 5.75 Å². The first-order chi connectivity index (χ1) is 13.1. The number of hydrogen-bond acceptors (Lipinski definition) is 5. The van der Waals surface area contributed by atoms with E-state index >= 15 is 0 Å². The van der Waals surface area contributed by atoms with Gasteiger partial charge in [0.1, 0.15) is 5.75 Å². The number of methoxy groups -OCH3 is 1. The minimum Gasteiger partial charge on any atom is -0.497 e. The van der Waals surface area contributed by atoms with E-state index in [4.69, 9.17) is 4.74 Å². The van der Waals surface area contributed by atoms with Gasteiger partial charge in [-0.2, -0.15) is 0 Å². The highest BCUT2D eigenvalue weighted by Gasteiger charge is 2.45. The summed E-state index contributed by atoms with van der Waals surface area (Å²) in [5, 5.41) is 0. The highest BCUT2D eigenvalue weighted by molar-refractivity contribution is 5.98. The number of rotatable bonds is 4. The van der Waals surface area contributed by atoms with Crippen LogP contribution in [0.4, 0.5) is 5.69 Å². The van der Waals surface area contributed by atoms with Crippen LogP contribution < -0.4 is 9.64 Å². The first-order valence-electron chi connectivity index (χ1n) is 10.0. The summed E-state index contributed by atoms with van der Waals surface area (Å²) in [6.45, 7) is 3.90. The van der Waals surface area contributed by atoms with Crippen LogP contribution in [-0.2, 0) is 9.59 Å². The zero-order valence-electron chi connectivity index (χ0n) is 16.2. The first kappa shape index (κ1) is 18.3. The van der Waals surface area contributed by atoms with Crippen LogP contribution in [0.3, 0.4) is 0 Å². The largest absolute Gasteiger partial charge is 0.497 e. The lowest BCUT2D eigenvalue weighted by Crippen LogP contribution is -2.55. The zero-order valence-corrected chi connectivity index (χ0v) is 16.2. The van der Waals surface area contributed by atoms with Crippen molar-refractivity contribution in [3.63, 3.8) is 0 Å². The van der Waals surface area contributed by atoms with Gasteiger partial charge in [0.25, 0.3) is 0 Å². The lowest BCUT2D eigenvalue weighted by Gasteiger charge is -2.41. The summed E-state index contributed by atoms with van der Waals surface area (Å²) in [6, 6.07) is 8.10. The molecule has 1 spiro atoms. The fraction of sp³-hybridized carbons (Fsp3) is 0.619. The van der Waals surface area contributed by atoms with Gasteiger partial charge in [0.15, 0.2) is 0 Å². The van der Waals surface area contributed by atoms with Crippen LogP contribution in [0.1, 0.15) is 38.5 Å². The van der Waals surface area contributed by atoms with Crippen molar-refractivity contribution in [2.75, 3.05) is 44.9 Å². The van der Waals surface area contributed by atoms with Crippen molar-refractivity contribution in [1.82, 2.24) is 9.80 Å². The SMILES string of the molecule is COc1cccc(N2CCN(CN3C(=O)CC4(CCCC4)CC3=O)CC2)c1. The monoisotopic (exact) mass is 371 g/mol. The summed E-state index contributed by atoms with van der Waals surface area (Å²) < 4.78 is 5.31. The van der Waals surface area contributed by atoms with E-state index in [1.54, 1.807) is 7.11 Å². The Morgan fingerprint density at radius 1 is 1.00 bits per heavy atom. The molecule has 0 unspecified atom stereocenters. The molecule has 6 heteroatoms. The minimum atomic E-state index is -0.0181. The number of carbonyl (C=O) groups is 2. The summed E-state index contributed by atoms with van der Waals surface area (Å²) in [5.74, 6) is 0.923. The van der Waals surface area contributed by atoms with Gasteiger partial charge in [0, 0.05) is 50.8 Å². The molecule has 1 aromatic carbocycles. The summed E-state index contributed by atoms with van der Waals surface area (Å²) in [5.41, 5.74) is 1.14. The van der Waals surface area contributed by atoms with Crippen molar-refractivity contribution < 1.29 is 14.3 Å². The lowest BCUT2D eigenvalue weighted by molar-refractivity contribution is -0.156. The molecule has 2 heterocycles. The number of hydrogen-bond donors (Lipinski definition) is 0. The highest BCUT2D eigenvalue weighted by atomic mass is 16.5. The third-order valence-electron chi connectivity index (χ3n) is 6.45. The van der Waals surface area contributed by atoms with Gasteiger partial charge >= 0.3 is 0 Å². The average Bonchev–Trinajstić information content (AvgIpc) is 3.12. The Balaban J connectivity index is 1.32. The molecule has 2 aliphatic heterocycles. The van der Waals surface area contributed by atoms with Gasteiger partial charge in [-0.05, 0) is 30.4 Å². The Bertz CT molecular complexity index is 686. The number of imide groups is 1. The van der Waals surface area contributed by atoms with E-state index in [0.717, 1.165) is 63.3 Å². The van der Waals surface area contributed by atoms with Gasteiger partial charge in [-0.25, -0.2) is 0 Å². The van der Waals surface area contributed by atoms with E-state index < -0.39 is 0 Å². The fourth-order valence-corrected chi connectivity index (χ4v) is 4.83. The van der Waals surface area contributed by atoms with Crippen molar-refractivity contribution >= 4 is 17.5 Å². The number of anilines is 1. The van der Waals surface area contributed by atoms with Crippen LogP contribution in [0.5, 0.6) is 5.75 Å². The molecule has 0 bridgehead atoms. The predicted octanol–water partition coefficient (Wildman–Crippen LogP) is 2.48. The van der Waals surface area contributed by atoms with E-state index in [1.807, 2.05) is 18.2 Å². The van der Waals surface area contributed by atoms with Gasteiger partial charge in [0.05, 0.1) is 13.8 Å². The van der Waals surface area contributed by atoms with Crippen LogP contribution in [0.15, 0.2) is 24.3 Å². The van der Waals surface area contributed by atoms with E-state index in [-0.39, 0.29) is 17.2 Å². The molecule has 0 N–H and O–H groups in total. The smallest absolute Gasteiger partial charge is 0.230 e. The molecule has 6 nitrogen and oxygen atoms in total. The molecular weight excluding hydrogens is 342 g/mol. The topological polar surface area (TPSA) is 53.1 Å². The van der Waals surface area contributed by atoms with E-state index in [9.17, 15) is 9.59 Å². The number of nitrogens with zero attached hydrogens (tertiary/aromatic N) is 3. The number of piperidine rings is 1. The van der Waals surface area contributed by atoms with Gasteiger partial charge in [-0.1, -0.05) is 18.9 Å². The van der Waals surface area contributed by atoms with E-state index in [1.165, 1.54) is 4.90 Å². The molecule has 1 aromatic rings. The Hall–Kier alpha value is -2.08. The molecule has 3 fully saturated rings. The van der Waals surface area contributed by atoms with Crippen molar-refractivity contribution in [2.24, 2.45) is 5.41 Å². The highest BCUT2D eigenvalue weighted by Crippen LogP contribution is 2.46. The Labute approximate surface area is 161 Å². The predicted molar refractivity (Wildman–Crippen MR) is 104 cm³/mol. The van der Waals surface area contributed by atoms with Crippen LogP contribution >= 0.6 is 0 Å². The summed E-state index contributed by atoms with van der Waals surface area (Å²) in [4.78, 5) is 31.4. The molecule has 0 aromatic heterocycles. The van der Waals surface area contributed by atoms with Gasteiger partial charge in [-0.15, -0.1) is 0 Å². The second-order valence-electron chi connectivity index (χ2n) is 8.22. The fourth-order valence-electron chi connectivity index (χ4n) is 4.83. The summed E-state index contributed by atoms with van der Waals surface area (Å²) in [7, 11) is 1.68. The Kier molecular flexibility index (Phi) is 5.08. The quantitative estimate of drug-likeness (QED) is 0.761. The van der Waals surface area contributed by atoms with Gasteiger partial charge < -0.3 is 9.64 Å². The normalized spacial score (nSPS) is 23.3. The van der Waals surface area contributed by atoms with Crippen molar-refractivity contribution in [2.45, 2.75) is 38.5 Å². The average molecular weight is 371 g/mol. The number of piperazine rings is 1. The number of ether oxygens (including phenoxy) is 1. The van der Waals surface area contributed by atoms with Crippen LogP contribution in [0.2, 0.25) is 0 Å². The standard InChI is InChI=1S/C21H29N3O3/c1-27-18-6-4-5-17(13-18)23-11-9-22(10-12-23)16-24-19(25)14-21(15-20(24)26)7-2-3-8-21/h4-6,13H,2-3,7-12,14-16H2,1H3. The van der Waals surface area contributed by atoms with Crippen LogP contribution in [0, 0.1) is 5.41 Å². The zero-order chi connectivity index (χ0) is 18.9.